The SMILES string of the molecule is N/C(CCOCC(CO)(COCC/C(N)=N/O)COCC/C(N)=N\O)=N\O. The number of hydrogen-bond donors (Lipinski definition) is 7. The van der Waals surface area contributed by atoms with E-state index >= 15 is 0 Å². The number of nitrogens with zero attached hydrogens (tertiary/aromatic N) is 3. The summed E-state index contributed by atoms with van der Waals surface area (Å²) < 4.78 is 16.5. The van der Waals surface area contributed by atoms with Crippen LogP contribution < -0.4 is 17.2 Å². The maximum absolute atomic E-state index is 9.84. The predicted molar refractivity (Wildman–Crippen MR) is 96.1 cm³/mol. The first-order valence-electron chi connectivity index (χ1n) is 8.16. The fourth-order valence-electron chi connectivity index (χ4n) is 1.81. The Hall–Kier alpha value is -2.35. The molecule has 13 nitrogen and oxygen atoms in total. The van der Waals surface area contributed by atoms with Gasteiger partial charge in [0.2, 0.25) is 0 Å². The van der Waals surface area contributed by atoms with Gasteiger partial charge in [0, 0.05) is 19.3 Å². The van der Waals surface area contributed by atoms with E-state index in [1.165, 1.54) is 0 Å². The lowest BCUT2D eigenvalue weighted by atomic mass is 9.92. The van der Waals surface area contributed by atoms with Crippen molar-refractivity contribution in [2.24, 2.45) is 38.1 Å². The van der Waals surface area contributed by atoms with Crippen molar-refractivity contribution in [2.45, 2.75) is 19.3 Å². The average Bonchev–Trinajstić information content (AvgIpc) is 2.70. The van der Waals surface area contributed by atoms with Crippen molar-refractivity contribution >= 4 is 17.5 Å². The second kappa shape index (κ2) is 14.8. The van der Waals surface area contributed by atoms with E-state index in [0.717, 1.165) is 0 Å². The summed E-state index contributed by atoms with van der Waals surface area (Å²) in [5.41, 5.74) is 15.2. The lowest BCUT2D eigenvalue weighted by Crippen LogP contribution is -2.41. The number of rotatable bonds is 16. The smallest absolute Gasteiger partial charge is 0.141 e. The molecular weight excluding hydrogens is 364 g/mol. The second-order valence-corrected chi connectivity index (χ2v) is 5.84. The van der Waals surface area contributed by atoms with Gasteiger partial charge in [0.1, 0.15) is 17.5 Å². The summed E-state index contributed by atoms with van der Waals surface area (Å²) in [6.45, 7) is 0.452. The topological polar surface area (TPSA) is 224 Å². The molecule has 0 saturated heterocycles. The van der Waals surface area contributed by atoms with Crippen molar-refractivity contribution in [3.63, 3.8) is 0 Å². The Kier molecular flexibility index (Phi) is 13.5. The molecule has 10 N–H and O–H groups in total. The molecule has 27 heavy (non-hydrogen) atoms. The molecule has 0 spiro atoms. The lowest BCUT2D eigenvalue weighted by molar-refractivity contribution is -0.0905. The Balaban J connectivity index is 4.60. The highest BCUT2D eigenvalue weighted by atomic mass is 16.5. The summed E-state index contributed by atoms with van der Waals surface area (Å²) in [7, 11) is 0. The Morgan fingerprint density at radius 1 is 0.667 bits per heavy atom. The van der Waals surface area contributed by atoms with Crippen LogP contribution in [0.3, 0.4) is 0 Å². The van der Waals surface area contributed by atoms with Gasteiger partial charge in [0.25, 0.3) is 0 Å². The van der Waals surface area contributed by atoms with Crippen molar-refractivity contribution in [1.29, 1.82) is 0 Å². The molecule has 158 valence electrons. The van der Waals surface area contributed by atoms with Gasteiger partial charge in [0.15, 0.2) is 0 Å². The summed E-state index contributed by atoms with van der Waals surface area (Å²) in [6.07, 6.45) is 0.645. The van der Waals surface area contributed by atoms with Gasteiger partial charge >= 0.3 is 0 Å². The van der Waals surface area contributed by atoms with Crippen LogP contribution in [0.4, 0.5) is 0 Å². The largest absolute Gasteiger partial charge is 0.409 e. The first kappa shape index (κ1) is 24.7. The normalized spacial score (nSPS) is 15.7. The standard InChI is InChI=1S/C14H30N6O7/c15-11(18-22)1-4-25-8-14(7-21,9-26-5-2-12(16)19-23)10-27-6-3-13(17)20-24/h21-24H,1-10H2,(H2,15,18)(H2,16,19)(H2,17,20). The zero-order valence-corrected chi connectivity index (χ0v) is 15.2. The molecule has 0 unspecified atom stereocenters. The molecule has 0 aromatic heterocycles. The summed E-state index contributed by atoms with van der Waals surface area (Å²) in [6, 6.07) is 0. The summed E-state index contributed by atoms with van der Waals surface area (Å²) >= 11 is 0. The van der Waals surface area contributed by atoms with Gasteiger partial charge < -0.3 is 52.1 Å². The maximum Gasteiger partial charge on any atom is 0.141 e. The van der Waals surface area contributed by atoms with E-state index < -0.39 is 5.41 Å². The highest BCUT2D eigenvalue weighted by Gasteiger charge is 2.31. The number of nitrogens with two attached hydrogens (primary N) is 3. The van der Waals surface area contributed by atoms with Crippen LogP contribution in [0.2, 0.25) is 0 Å². The van der Waals surface area contributed by atoms with Gasteiger partial charge in [-0.25, -0.2) is 0 Å². The molecular formula is C14H30N6O7. The van der Waals surface area contributed by atoms with E-state index in [-0.39, 0.29) is 83.0 Å². The molecule has 0 radical (unpaired) electrons. The Morgan fingerprint density at radius 2 is 0.963 bits per heavy atom. The van der Waals surface area contributed by atoms with Crippen molar-refractivity contribution < 1.29 is 34.9 Å². The Morgan fingerprint density at radius 3 is 1.19 bits per heavy atom. The fourth-order valence-corrected chi connectivity index (χ4v) is 1.81. The number of aliphatic hydroxyl groups excluding tert-OH is 1. The molecule has 0 rings (SSSR count). The van der Waals surface area contributed by atoms with Gasteiger partial charge in [-0.1, -0.05) is 15.5 Å². The van der Waals surface area contributed by atoms with Crippen molar-refractivity contribution in [2.75, 3.05) is 46.2 Å². The molecule has 0 amide bonds. The molecule has 13 heteroatoms. The van der Waals surface area contributed by atoms with Gasteiger partial charge in [0.05, 0.1) is 51.7 Å². The highest BCUT2D eigenvalue weighted by molar-refractivity contribution is 5.80. The molecule has 0 heterocycles. The van der Waals surface area contributed by atoms with Crippen molar-refractivity contribution in [1.82, 2.24) is 0 Å². The molecule has 0 aliphatic rings. The number of oxime groups is 3. The van der Waals surface area contributed by atoms with Crippen molar-refractivity contribution in [3.05, 3.63) is 0 Å². The summed E-state index contributed by atoms with van der Waals surface area (Å²) in [5.74, 6) is 0.0684. The van der Waals surface area contributed by atoms with Gasteiger partial charge in [-0.2, -0.15) is 0 Å². The lowest BCUT2D eigenvalue weighted by Gasteiger charge is -2.31. The molecule has 0 aromatic rings. The minimum absolute atomic E-state index is 0.0228. The predicted octanol–water partition coefficient (Wildman–Crippen LogP) is -1.58. The van der Waals surface area contributed by atoms with E-state index in [1.807, 2.05) is 0 Å². The van der Waals surface area contributed by atoms with Crippen LogP contribution in [0.5, 0.6) is 0 Å². The summed E-state index contributed by atoms with van der Waals surface area (Å²) in [4.78, 5) is 0. The van der Waals surface area contributed by atoms with E-state index in [4.69, 9.17) is 47.0 Å². The minimum Gasteiger partial charge on any atom is -0.409 e. The van der Waals surface area contributed by atoms with Gasteiger partial charge in [-0.15, -0.1) is 0 Å². The van der Waals surface area contributed by atoms with E-state index in [1.54, 1.807) is 0 Å². The van der Waals surface area contributed by atoms with E-state index in [9.17, 15) is 5.11 Å². The van der Waals surface area contributed by atoms with Crippen LogP contribution in [0.15, 0.2) is 15.5 Å². The molecule has 0 aromatic carbocycles. The molecule has 0 aliphatic heterocycles. The van der Waals surface area contributed by atoms with Crippen LogP contribution in [0.25, 0.3) is 0 Å². The molecule has 0 saturated carbocycles. The third kappa shape index (κ3) is 11.8. The highest BCUT2D eigenvalue weighted by Crippen LogP contribution is 2.19. The third-order valence-electron chi connectivity index (χ3n) is 3.45. The first-order valence-corrected chi connectivity index (χ1v) is 8.16. The number of amidine groups is 3. The molecule has 0 atom stereocenters. The van der Waals surface area contributed by atoms with E-state index in [2.05, 4.69) is 15.5 Å². The van der Waals surface area contributed by atoms with Crippen LogP contribution in [0, 0.1) is 5.41 Å². The van der Waals surface area contributed by atoms with E-state index in [0.29, 0.717) is 0 Å². The van der Waals surface area contributed by atoms with Crippen LogP contribution >= 0.6 is 0 Å². The number of ether oxygens (including phenoxy) is 3. The number of hydrogen-bond acceptors (Lipinski definition) is 10. The Bertz CT molecular complexity index is 422. The fraction of sp³-hybridized carbons (Fsp3) is 0.786. The van der Waals surface area contributed by atoms with Crippen LogP contribution in [-0.4, -0.2) is 84.5 Å². The van der Waals surface area contributed by atoms with Crippen molar-refractivity contribution in [3.8, 4) is 0 Å². The van der Waals surface area contributed by atoms with Gasteiger partial charge in [-0.05, 0) is 0 Å². The minimum atomic E-state index is -0.888. The summed E-state index contributed by atoms with van der Waals surface area (Å²) in [5, 5.41) is 43.9. The maximum atomic E-state index is 9.84. The quantitative estimate of drug-likeness (QED) is 0.0523. The van der Waals surface area contributed by atoms with Gasteiger partial charge in [-0.3, -0.25) is 0 Å². The average molecular weight is 394 g/mol. The molecule has 0 fully saturated rings. The number of aliphatic hydroxyl groups is 1. The zero-order valence-electron chi connectivity index (χ0n) is 15.2. The Labute approximate surface area is 157 Å². The second-order valence-electron chi connectivity index (χ2n) is 5.84. The molecule has 0 aliphatic carbocycles. The first-order chi connectivity index (χ1) is 12.9. The molecule has 0 bridgehead atoms. The zero-order chi connectivity index (χ0) is 20.5. The monoisotopic (exact) mass is 394 g/mol. The van der Waals surface area contributed by atoms with Crippen LogP contribution in [0.1, 0.15) is 19.3 Å². The van der Waals surface area contributed by atoms with Crippen LogP contribution in [-0.2, 0) is 14.2 Å². The third-order valence-corrected chi connectivity index (χ3v) is 3.45.